The number of nitrogens with zero attached hydrogens (tertiary/aromatic N) is 1. The first-order valence-corrected chi connectivity index (χ1v) is 5.80. The molecule has 0 bridgehead atoms. The highest BCUT2D eigenvalue weighted by atomic mass is 16.5. The van der Waals surface area contributed by atoms with Crippen LogP contribution in [0.15, 0.2) is 30.3 Å². The molecule has 2 aromatic rings. The second kappa shape index (κ2) is 5.87. The van der Waals surface area contributed by atoms with Crippen molar-refractivity contribution < 1.29 is 19.4 Å². The summed E-state index contributed by atoms with van der Waals surface area (Å²) in [6, 6.07) is 8.42. The molecule has 0 saturated heterocycles. The minimum Gasteiger partial charge on any atom is -0.496 e. The first-order chi connectivity index (χ1) is 9.60. The van der Waals surface area contributed by atoms with E-state index in [1.807, 2.05) is 12.1 Å². The Morgan fingerprint density at radius 2 is 2.15 bits per heavy atom. The van der Waals surface area contributed by atoms with Crippen molar-refractivity contribution in [3.63, 3.8) is 0 Å². The van der Waals surface area contributed by atoms with Crippen LogP contribution in [0.3, 0.4) is 0 Å². The Bertz CT molecular complexity index is 636. The van der Waals surface area contributed by atoms with Crippen molar-refractivity contribution in [1.29, 1.82) is 0 Å². The molecule has 1 aromatic carbocycles. The lowest BCUT2D eigenvalue weighted by Crippen LogP contribution is -2.15. The van der Waals surface area contributed by atoms with Gasteiger partial charge in [-0.25, -0.2) is 4.79 Å². The molecule has 1 aromatic heterocycles. The Morgan fingerprint density at radius 1 is 1.40 bits per heavy atom. The van der Waals surface area contributed by atoms with Crippen LogP contribution in [-0.4, -0.2) is 34.3 Å². The van der Waals surface area contributed by atoms with E-state index < -0.39 is 5.97 Å². The number of carboxylic acid groups (broad SMARTS) is 1. The lowest BCUT2D eigenvalue weighted by atomic mass is 10.1. The summed E-state index contributed by atoms with van der Waals surface area (Å²) in [5.74, 6) is -0.654. The van der Waals surface area contributed by atoms with Crippen LogP contribution >= 0.6 is 0 Å². The molecule has 0 saturated carbocycles. The predicted octanol–water partition coefficient (Wildman–Crippen LogP) is 1.30. The fourth-order valence-corrected chi connectivity index (χ4v) is 1.70. The number of ether oxygens (including phenoxy) is 1. The number of hydrogen-bond donors (Lipinski definition) is 3. The quantitative estimate of drug-likeness (QED) is 0.762. The molecule has 0 aliphatic heterocycles. The smallest absolute Gasteiger partial charge is 0.353 e. The first-order valence-electron chi connectivity index (χ1n) is 5.80. The van der Waals surface area contributed by atoms with Gasteiger partial charge < -0.3 is 15.2 Å². The van der Waals surface area contributed by atoms with Crippen molar-refractivity contribution in [2.75, 3.05) is 12.4 Å². The second-order valence-electron chi connectivity index (χ2n) is 4.01. The van der Waals surface area contributed by atoms with Crippen molar-refractivity contribution in [3.05, 3.63) is 41.6 Å². The summed E-state index contributed by atoms with van der Waals surface area (Å²) < 4.78 is 5.15. The van der Waals surface area contributed by atoms with Crippen LogP contribution in [0.2, 0.25) is 0 Å². The minimum absolute atomic E-state index is 0.0856. The highest BCUT2D eigenvalue weighted by Crippen LogP contribution is 2.18. The molecular weight excluding hydrogens is 262 g/mol. The molecule has 0 spiro atoms. The highest BCUT2D eigenvalue weighted by Gasteiger charge is 2.12. The maximum atomic E-state index is 11.9. The summed E-state index contributed by atoms with van der Waals surface area (Å²) in [5, 5.41) is 17.3. The van der Waals surface area contributed by atoms with Crippen molar-refractivity contribution in [2.24, 2.45) is 0 Å². The summed E-state index contributed by atoms with van der Waals surface area (Å²) in [7, 11) is 1.53. The normalized spacial score (nSPS) is 10.1. The molecule has 0 aliphatic rings. The number of benzene rings is 1. The van der Waals surface area contributed by atoms with Gasteiger partial charge >= 0.3 is 5.97 Å². The Labute approximate surface area is 114 Å². The Morgan fingerprint density at radius 3 is 2.80 bits per heavy atom. The van der Waals surface area contributed by atoms with E-state index in [1.54, 1.807) is 12.1 Å². The Hall–Kier alpha value is -2.83. The highest BCUT2D eigenvalue weighted by molar-refractivity contribution is 5.93. The zero-order valence-electron chi connectivity index (χ0n) is 10.7. The first kappa shape index (κ1) is 13.6. The molecule has 0 fully saturated rings. The van der Waals surface area contributed by atoms with E-state index in [2.05, 4.69) is 15.5 Å². The van der Waals surface area contributed by atoms with Crippen LogP contribution in [0, 0.1) is 0 Å². The van der Waals surface area contributed by atoms with E-state index in [0.29, 0.717) is 5.75 Å². The third-order valence-electron chi connectivity index (χ3n) is 2.62. The fraction of sp³-hybridized carbons (Fsp3) is 0.154. The number of carbonyl (C=O) groups excluding carboxylic acids is 1. The standard InChI is InChI=1S/C13H13N3O4/c1-20-10-5-3-2-4-8(10)6-12(17)14-11-7-9(13(18)19)15-16-11/h2-5,7H,6H2,1H3,(H,18,19)(H2,14,15,16,17). The number of aromatic amines is 1. The topological polar surface area (TPSA) is 104 Å². The predicted molar refractivity (Wildman–Crippen MR) is 70.9 cm³/mol. The van der Waals surface area contributed by atoms with E-state index in [0.717, 1.165) is 5.56 Å². The summed E-state index contributed by atoms with van der Waals surface area (Å²) in [6.45, 7) is 0. The third kappa shape index (κ3) is 3.14. The largest absolute Gasteiger partial charge is 0.496 e. The summed E-state index contributed by atoms with van der Waals surface area (Å²) in [6.07, 6.45) is 0.110. The maximum Gasteiger partial charge on any atom is 0.353 e. The van der Waals surface area contributed by atoms with E-state index in [1.165, 1.54) is 13.2 Å². The number of aromatic carboxylic acids is 1. The Kier molecular flexibility index (Phi) is 3.99. The molecule has 0 unspecified atom stereocenters. The number of hydrogen-bond acceptors (Lipinski definition) is 4. The molecule has 2 rings (SSSR count). The van der Waals surface area contributed by atoms with Crippen molar-refractivity contribution in [2.45, 2.75) is 6.42 Å². The molecule has 0 radical (unpaired) electrons. The van der Waals surface area contributed by atoms with E-state index in [-0.39, 0.29) is 23.8 Å². The maximum absolute atomic E-state index is 11.9. The van der Waals surface area contributed by atoms with Crippen molar-refractivity contribution in [1.82, 2.24) is 10.2 Å². The molecule has 1 amide bonds. The number of nitrogens with one attached hydrogen (secondary N) is 2. The zero-order chi connectivity index (χ0) is 14.5. The van der Waals surface area contributed by atoms with Gasteiger partial charge in [0, 0.05) is 11.6 Å². The molecular formula is C13H13N3O4. The van der Waals surface area contributed by atoms with E-state index >= 15 is 0 Å². The Balaban J connectivity index is 2.03. The number of anilines is 1. The van der Waals surface area contributed by atoms with Crippen LogP contribution in [0.4, 0.5) is 5.82 Å². The van der Waals surface area contributed by atoms with Crippen molar-refractivity contribution >= 4 is 17.7 Å². The number of methoxy groups -OCH3 is 1. The lowest BCUT2D eigenvalue weighted by molar-refractivity contribution is -0.115. The number of rotatable bonds is 5. The number of carbonyl (C=O) groups is 2. The molecule has 7 heteroatoms. The van der Waals surface area contributed by atoms with Gasteiger partial charge in [-0.15, -0.1) is 0 Å². The summed E-state index contributed by atoms with van der Waals surface area (Å²) in [5.41, 5.74) is 0.652. The fourth-order valence-electron chi connectivity index (χ4n) is 1.70. The van der Waals surface area contributed by atoms with Gasteiger partial charge in [-0.1, -0.05) is 18.2 Å². The minimum atomic E-state index is -1.14. The number of carboxylic acids is 1. The molecule has 104 valence electrons. The van der Waals surface area contributed by atoms with E-state index in [9.17, 15) is 9.59 Å². The number of amides is 1. The van der Waals surface area contributed by atoms with Gasteiger partial charge in [0.05, 0.1) is 13.5 Å². The van der Waals surface area contributed by atoms with Crippen LogP contribution < -0.4 is 10.1 Å². The summed E-state index contributed by atoms with van der Waals surface area (Å²) >= 11 is 0. The molecule has 20 heavy (non-hydrogen) atoms. The average molecular weight is 275 g/mol. The van der Waals surface area contributed by atoms with Crippen LogP contribution in [0.5, 0.6) is 5.75 Å². The third-order valence-corrected chi connectivity index (χ3v) is 2.62. The second-order valence-corrected chi connectivity index (χ2v) is 4.01. The molecule has 0 atom stereocenters. The number of aromatic nitrogens is 2. The van der Waals surface area contributed by atoms with Crippen LogP contribution in [0.1, 0.15) is 16.1 Å². The average Bonchev–Trinajstić information content (AvgIpc) is 2.88. The zero-order valence-corrected chi connectivity index (χ0v) is 10.7. The monoisotopic (exact) mass is 275 g/mol. The van der Waals surface area contributed by atoms with Gasteiger partial charge in [0.2, 0.25) is 5.91 Å². The van der Waals surface area contributed by atoms with Gasteiger partial charge in [0.15, 0.2) is 5.82 Å². The van der Waals surface area contributed by atoms with E-state index in [4.69, 9.17) is 9.84 Å². The van der Waals surface area contributed by atoms with Gasteiger partial charge in [-0.3, -0.25) is 9.89 Å². The van der Waals surface area contributed by atoms with Gasteiger partial charge in [0.25, 0.3) is 0 Å². The SMILES string of the molecule is COc1ccccc1CC(=O)Nc1cc(C(=O)O)[nH]n1. The van der Waals surface area contributed by atoms with Gasteiger partial charge in [0.1, 0.15) is 11.4 Å². The van der Waals surface area contributed by atoms with Crippen LogP contribution in [-0.2, 0) is 11.2 Å². The molecule has 3 N–H and O–H groups in total. The molecule has 1 heterocycles. The summed E-state index contributed by atoms with van der Waals surface area (Å²) in [4.78, 5) is 22.5. The molecule has 0 aliphatic carbocycles. The molecule has 7 nitrogen and oxygen atoms in total. The van der Waals surface area contributed by atoms with Crippen LogP contribution in [0.25, 0.3) is 0 Å². The lowest BCUT2D eigenvalue weighted by Gasteiger charge is -2.07. The number of H-pyrrole nitrogens is 1. The van der Waals surface area contributed by atoms with Gasteiger partial charge in [-0.2, -0.15) is 5.10 Å². The van der Waals surface area contributed by atoms with Gasteiger partial charge in [-0.05, 0) is 6.07 Å². The van der Waals surface area contributed by atoms with Crippen molar-refractivity contribution in [3.8, 4) is 5.75 Å². The number of para-hydroxylation sites is 1.